The van der Waals surface area contributed by atoms with Crippen molar-refractivity contribution in [3.8, 4) is 0 Å². The first kappa shape index (κ1) is 17.7. The first-order valence-electron chi connectivity index (χ1n) is 8.86. The molecule has 0 aliphatic carbocycles. The van der Waals surface area contributed by atoms with Gasteiger partial charge in [0.1, 0.15) is 11.6 Å². The predicted molar refractivity (Wildman–Crippen MR) is 99.2 cm³/mol. The molecule has 1 saturated heterocycles. The lowest BCUT2D eigenvalue weighted by Gasteiger charge is -2.34. The van der Waals surface area contributed by atoms with Crippen LogP contribution in [0.1, 0.15) is 36.9 Å². The Labute approximate surface area is 149 Å². The van der Waals surface area contributed by atoms with Gasteiger partial charge in [0.2, 0.25) is 5.95 Å². The quantitative estimate of drug-likeness (QED) is 0.824. The Balaban J connectivity index is 1.63. The Kier molecular flexibility index (Phi) is 5.22. The zero-order chi connectivity index (χ0) is 18.0. The Morgan fingerprint density at radius 3 is 2.52 bits per heavy atom. The molecular formula is C18H28N6O. The van der Waals surface area contributed by atoms with E-state index in [4.69, 9.17) is 4.42 Å². The van der Waals surface area contributed by atoms with Crippen LogP contribution in [0.3, 0.4) is 0 Å². The highest BCUT2D eigenvalue weighted by Gasteiger charge is 2.22. The van der Waals surface area contributed by atoms with Gasteiger partial charge in [0, 0.05) is 64.5 Å². The molecule has 0 unspecified atom stereocenters. The van der Waals surface area contributed by atoms with Crippen LogP contribution in [0.4, 0.5) is 11.8 Å². The number of rotatable bonds is 5. The van der Waals surface area contributed by atoms with Crippen molar-refractivity contribution in [2.45, 2.75) is 33.2 Å². The predicted octanol–water partition coefficient (Wildman–Crippen LogP) is 2.28. The van der Waals surface area contributed by atoms with Gasteiger partial charge in [-0.15, -0.1) is 0 Å². The van der Waals surface area contributed by atoms with Crippen LogP contribution < -0.4 is 9.80 Å². The maximum absolute atomic E-state index is 5.53. The maximum Gasteiger partial charge on any atom is 0.227 e. The van der Waals surface area contributed by atoms with Crippen molar-refractivity contribution >= 4 is 11.8 Å². The molecule has 0 aromatic carbocycles. The van der Waals surface area contributed by atoms with Crippen molar-refractivity contribution in [3.63, 3.8) is 0 Å². The standard InChI is InChI=1S/C18H28N6O/c1-13(2)17-15(19-12-25-17)11-23-6-8-24(9-7-23)18-20-14(3)10-16(21-18)22(4)5/h10,12-13H,6-9,11H2,1-5H3. The van der Waals surface area contributed by atoms with Crippen LogP contribution in [0.5, 0.6) is 0 Å². The third-order valence-electron chi connectivity index (χ3n) is 4.51. The normalized spacial score (nSPS) is 15.8. The molecule has 0 bridgehead atoms. The van der Waals surface area contributed by atoms with Gasteiger partial charge in [-0.3, -0.25) is 4.90 Å². The van der Waals surface area contributed by atoms with Crippen molar-refractivity contribution < 1.29 is 4.42 Å². The largest absolute Gasteiger partial charge is 0.448 e. The van der Waals surface area contributed by atoms with E-state index in [-0.39, 0.29) is 0 Å². The molecule has 0 spiro atoms. The summed E-state index contributed by atoms with van der Waals surface area (Å²) in [5.74, 6) is 3.14. The van der Waals surface area contributed by atoms with E-state index in [1.165, 1.54) is 0 Å². The van der Waals surface area contributed by atoms with Gasteiger partial charge in [-0.05, 0) is 6.92 Å². The zero-order valence-corrected chi connectivity index (χ0v) is 15.9. The third kappa shape index (κ3) is 4.10. The minimum atomic E-state index is 0.365. The number of anilines is 2. The Bertz CT molecular complexity index is 703. The van der Waals surface area contributed by atoms with E-state index in [1.54, 1.807) is 6.39 Å². The van der Waals surface area contributed by atoms with Gasteiger partial charge in [-0.25, -0.2) is 9.97 Å². The molecule has 0 radical (unpaired) electrons. The van der Waals surface area contributed by atoms with Crippen molar-refractivity contribution in [1.29, 1.82) is 0 Å². The fraction of sp³-hybridized carbons (Fsp3) is 0.611. The van der Waals surface area contributed by atoms with Crippen LogP contribution >= 0.6 is 0 Å². The molecule has 3 heterocycles. The average Bonchev–Trinajstić information content (AvgIpc) is 3.03. The van der Waals surface area contributed by atoms with Crippen LogP contribution in [0.25, 0.3) is 0 Å². The van der Waals surface area contributed by atoms with Gasteiger partial charge in [0.25, 0.3) is 0 Å². The highest BCUT2D eigenvalue weighted by atomic mass is 16.3. The minimum absolute atomic E-state index is 0.365. The third-order valence-corrected chi connectivity index (χ3v) is 4.51. The zero-order valence-electron chi connectivity index (χ0n) is 15.9. The second kappa shape index (κ2) is 7.39. The molecule has 136 valence electrons. The summed E-state index contributed by atoms with van der Waals surface area (Å²) in [6.07, 6.45) is 1.56. The molecule has 0 amide bonds. The molecule has 2 aromatic heterocycles. The Morgan fingerprint density at radius 1 is 1.16 bits per heavy atom. The minimum Gasteiger partial charge on any atom is -0.448 e. The average molecular weight is 344 g/mol. The van der Waals surface area contributed by atoms with Gasteiger partial charge in [-0.2, -0.15) is 4.98 Å². The van der Waals surface area contributed by atoms with E-state index >= 15 is 0 Å². The highest BCUT2D eigenvalue weighted by Crippen LogP contribution is 2.21. The number of aryl methyl sites for hydroxylation is 1. The topological polar surface area (TPSA) is 61.5 Å². The number of piperazine rings is 1. The summed E-state index contributed by atoms with van der Waals surface area (Å²) in [4.78, 5) is 20.4. The lowest BCUT2D eigenvalue weighted by atomic mass is 10.1. The van der Waals surface area contributed by atoms with E-state index < -0.39 is 0 Å². The molecular weight excluding hydrogens is 316 g/mol. The summed E-state index contributed by atoms with van der Waals surface area (Å²) < 4.78 is 5.53. The second-order valence-electron chi connectivity index (χ2n) is 7.14. The summed E-state index contributed by atoms with van der Waals surface area (Å²) >= 11 is 0. The molecule has 7 nitrogen and oxygen atoms in total. The summed E-state index contributed by atoms with van der Waals surface area (Å²) in [5.41, 5.74) is 2.06. The molecule has 3 rings (SSSR count). The van der Waals surface area contributed by atoms with Crippen molar-refractivity contribution in [2.24, 2.45) is 0 Å². The maximum atomic E-state index is 5.53. The second-order valence-corrected chi connectivity index (χ2v) is 7.14. The van der Waals surface area contributed by atoms with E-state index in [9.17, 15) is 0 Å². The lowest BCUT2D eigenvalue weighted by molar-refractivity contribution is 0.244. The van der Waals surface area contributed by atoms with Crippen LogP contribution in [-0.2, 0) is 6.54 Å². The first-order valence-corrected chi connectivity index (χ1v) is 8.86. The summed E-state index contributed by atoms with van der Waals surface area (Å²) in [6.45, 7) is 10.9. The fourth-order valence-electron chi connectivity index (χ4n) is 3.09. The van der Waals surface area contributed by atoms with E-state index in [2.05, 4.69) is 38.6 Å². The van der Waals surface area contributed by atoms with Crippen molar-refractivity contribution in [2.75, 3.05) is 50.1 Å². The number of oxazole rings is 1. The van der Waals surface area contributed by atoms with Crippen LogP contribution in [0.15, 0.2) is 16.9 Å². The molecule has 0 N–H and O–H groups in total. The molecule has 0 atom stereocenters. The van der Waals surface area contributed by atoms with Gasteiger partial charge in [0.05, 0.1) is 5.69 Å². The summed E-state index contributed by atoms with van der Waals surface area (Å²) in [6, 6.07) is 2.01. The van der Waals surface area contributed by atoms with Gasteiger partial charge >= 0.3 is 0 Å². The number of hydrogen-bond acceptors (Lipinski definition) is 7. The molecule has 1 aliphatic heterocycles. The van der Waals surface area contributed by atoms with Gasteiger partial charge in [0.15, 0.2) is 6.39 Å². The van der Waals surface area contributed by atoms with E-state index in [1.807, 2.05) is 32.0 Å². The molecule has 25 heavy (non-hydrogen) atoms. The molecule has 2 aromatic rings. The van der Waals surface area contributed by atoms with Gasteiger partial charge < -0.3 is 14.2 Å². The monoisotopic (exact) mass is 344 g/mol. The lowest BCUT2D eigenvalue weighted by Crippen LogP contribution is -2.46. The number of hydrogen-bond donors (Lipinski definition) is 0. The van der Waals surface area contributed by atoms with Crippen LogP contribution in [0, 0.1) is 6.92 Å². The Morgan fingerprint density at radius 2 is 1.88 bits per heavy atom. The Hall–Kier alpha value is -2.15. The van der Waals surface area contributed by atoms with Crippen molar-refractivity contribution in [1.82, 2.24) is 19.9 Å². The SMILES string of the molecule is Cc1cc(N(C)C)nc(N2CCN(Cc3ncoc3C(C)C)CC2)n1. The molecule has 0 saturated carbocycles. The summed E-state index contributed by atoms with van der Waals surface area (Å²) in [5, 5.41) is 0. The van der Waals surface area contributed by atoms with Crippen LogP contribution in [-0.4, -0.2) is 60.1 Å². The van der Waals surface area contributed by atoms with E-state index in [0.29, 0.717) is 5.92 Å². The molecule has 1 fully saturated rings. The fourth-order valence-corrected chi connectivity index (χ4v) is 3.09. The molecule has 7 heteroatoms. The smallest absolute Gasteiger partial charge is 0.227 e. The van der Waals surface area contributed by atoms with Crippen molar-refractivity contribution in [3.05, 3.63) is 29.6 Å². The highest BCUT2D eigenvalue weighted by molar-refractivity contribution is 5.45. The van der Waals surface area contributed by atoms with Gasteiger partial charge in [-0.1, -0.05) is 13.8 Å². The number of aromatic nitrogens is 3. The summed E-state index contributed by atoms with van der Waals surface area (Å²) in [7, 11) is 4.02. The van der Waals surface area contributed by atoms with Crippen LogP contribution in [0.2, 0.25) is 0 Å². The number of nitrogens with zero attached hydrogens (tertiary/aromatic N) is 6. The van der Waals surface area contributed by atoms with E-state index in [0.717, 1.165) is 61.6 Å². The molecule has 1 aliphatic rings. The first-order chi connectivity index (χ1) is 11.9.